The predicted molar refractivity (Wildman–Crippen MR) is 110 cm³/mol. The van der Waals surface area contributed by atoms with Crippen LogP contribution in [0.4, 0.5) is 20.6 Å². The van der Waals surface area contributed by atoms with Crippen molar-refractivity contribution in [1.29, 1.82) is 0 Å². The zero-order valence-electron chi connectivity index (χ0n) is 16.1. The van der Waals surface area contributed by atoms with E-state index in [0.717, 1.165) is 42.5 Å². The maximum absolute atomic E-state index is 14.7. The van der Waals surface area contributed by atoms with Crippen LogP contribution in [0, 0.1) is 12.7 Å². The van der Waals surface area contributed by atoms with Crippen LogP contribution in [0.5, 0.6) is 0 Å². The Labute approximate surface area is 169 Å². The third-order valence-corrected chi connectivity index (χ3v) is 6.04. The van der Waals surface area contributed by atoms with Crippen molar-refractivity contribution >= 4 is 29.0 Å². The fraction of sp³-hybridized carbons (Fsp3) is 0.429. The van der Waals surface area contributed by atoms with E-state index in [1.165, 1.54) is 11.0 Å². The number of para-hydroxylation sites is 1. The van der Waals surface area contributed by atoms with Gasteiger partial charge < -0.3 is 5.32 Å². The number of nitrogens with zero attached hydrogens (tertiary/aromatic N) is 3. The molecule has 1 saturated carbocycles. The summed E-state index contributed by atoms with van der Waals surface area (Å²) in [6.07, 6.45) is 5.58. The van der Waals surface area contributed by atoms with E-state index in [4.69, 9.17) is 11.6 Å². The van der Waals surface area contributed by atoms with Crippen LogP contribution in [-0.4, -0.2) is 30.1 Å². The molecule has 1 aromatic carbocycles. The molecule has 2 atom stereocenters. The van der Waals surface area contributed by atoms with Crippen molar-refractivity contribution in [3.63, 3.8) is 0 Å². The van der Waals surface area contributed by atoms with Crippen LogP contribution in [0.15, 0.2) is 30.5 Å². The van der Waals surface area contributed by atoms with Crippen LogP contribution in [0.1, 0.15) is 36.8 Å². The normalized spacial score (nSPS) is 22.4. The molecular formula is C21H24ClFN4O. The summed E-state index contributed by atoms with van der Waals surface area (Å²) in [5.41, 5.74) is 2.73. The number of aromatic nitrogens is 1. The van der Waals surface area contributed by atoms with E-state index in [0.29, 0.717) is 16.9 Å². The second-order valence-corrected chi connectivity index (χ2v) is 7.97. The van der Waals surface area contributed by atoms with Gasteiger partial charge in [-0.05, 0) is 57.4 Å². The third-order valence-electron chi connectivity index (χ3n) is 5.83. The molecule has 5 nitrogen and oxygen atoms in total. The molecule has 1 aliphatic carbocycles. The molecule has 1 aliphatic heterocycles. The van der Waals surface area contributed by atoms with Gasteiger partial charge in [0.2, 0.25) is 0 Å². The highest BCUT2D eigenvalue weighted by atomic mass is 35.5. The van der Waals surface area contributed by atoms with Gasteiger partial charge in [0.1, 0.15) is 11.0 Å². The van der Waals surface area contributed by atoms with Crippen LogP contribution in [0.2, 0.25) is 5.15 Å². The van der Waals surface area contributed by atoms with Crippen molar-refractivity contribution in [3.8, 4) is 0 Å². The summed E-state index contributed by atoms with van der Waals surface area (Å²) in [7, 11) is 1.95. The summed E-state index contributed by atoms with van der Waals surface area (Å²) >= 11 is 6.15. The Morgan fingerprint density at radius 1 is 1.32 bits per heavy atom. The molecule has 1 aromatic heterocycles. The van der Waals surface area contributed by atoms with Gasteiger partial charge in [0.25, 0.3) is 0 Å². The summed E-state index contributed by atoms with van der Waals surface area (Å²) in [6.45, 7) is 2.10. The Bertz CT molecular complexity index is 886. The zero-order valence-corrected chi connectivity index (χ0v) is 16.8. The Kier molecular flexibility index (Phi) is 5.25. The van der Waals surface area contributed by atoms with Gasteiger partial charge in [-0.15, -0.1) is 0 Å². The van der Waals surface area contributed by atoms with E-state index >= 15 is 0 Å². The highest BCUT2D eigenvalue weighted by Gasteiger charge is 2.39. The van der Waals surface area contributed by atoms with Gasteiger partial charge in [-0.2, -0.15) is 0 Å². The molecule has 1 fully saturated rings. The number of benzene rings is 1. The Morgan fingerprint density at radius 3 is 2.89 bits per heavy atom. The van der Waals surface area contributed by atoms with Crippen LogP contribution in [-0.2, 0) is 6.54 Å². The highest BCUT2D eigenvalue weighted by molar-refractivity contribution is 6.29. The number of carbonyl (C=O) groups is 1. The maximum atomic E-state index is 14.7. The quantitative estimate of drug-likeness (QED) is 0.759. The number of halogens is 2. The van der Waals surface area contributed by atoms with Crippen molar-refractivity contribution in [1.82, 2.24) is 10.3 Å². The highest BCUT2D eigenvalue weighted by Crippen LogP contribution is 2.38. The number of hydrogen-bond donors (Lipinski definition) is 1. The molecule has 28 heavy (non-hydrogen) atoms. The molecule has 2 heterocycles. The fourth-order valence-corrected chi connectivity index (χ4v) is 4.57. The monoisotopic (exact) mass is 402 g/mol. The first-order valence-corrected chi connectivity index (χ1v) is 10.0. The van der Waals surface area contributed by atoms with Crippen molar-refractivity contribution < 1.29 is 9.18 Å². The van der Waals surface area contributed by atoms with Gasteiger partial charge >= 0.3 is 6.03 Å². The molecule has 0 radical (unpaired) electrons. The second kappa shape index (κ2) is 7.68. The van der Waals surface area contributed by atoms with Gasteiger partial charge in [0.15, 0.2) is 0 Å². The van der Waals surface area contributed by atoms with Crippen molar-refractivity contribution in [3.05, 3.63) is 52.6 Å². The van der Waals surface area contributed by atoms with Gasteiger partial charge in [0, 0.05) is 23.8 Å². The first-order valence-electron chi connectivity index (χ1n) is 9.67. The van der Waals surface area contributed by atoms with Crippen LogP contribution < -0.4 is 15.1 Å². The largest absolute Gasteiger partial charge is 0.329 e. The lowest BCUT2D eigenvalue weighted by Gasteiger charge is -2.44. The molecule has 1 N–H and O–H groups in total. The van der Waals surface area contributed by atoms with E-state index in [1.54, 1.807) is 18.3 Å². The minimum atomic E-state index is -0.393. The smallest absolute Gasteiger partial charge is 0.317 e. The van der Waals surface area contributed by atoms with Crippen LogP contribution in [0.3, 0.4) is 0 Å². The maximum Gasteiger partial charge on any atom is 0.329 e. The first kappa shape index (κ1) is 19.2. The topological polar surface area (TPSA) is 48.5 Å². The van der Waals surface area contributed by atoms with Gasteiger partial charge in [-0.25, -0.2) is 14.2 Å². The lowest BCUT2D eigenvalue weighted by molar-refractivity contribution is 0.242. The van der Waals surface area contributed by atoms with Gasteiger partial charge in [-0.3, -0.25) is 9.80 Å². The molecule has 148 valence electrons. The number of aryl methyl sites for hydroxylation is 1. The van der Waals surface area contributed by atoms with E-state index in [1.807, 2.05) is 24.9 Å². The molecule has 0 bridgehead atoms. The minimum Gasteiger partial charge on any atom is -0.317 e. The number of rotatable bonds is 3. The third kappa shape index (κ3) is 3.35. The molecule has 7 heteroatoms. The molecule has 2 aliphatic rings. The van der Waals surface area contributed by atoms with E-state index in [9.17, 15) is 9.18 Å². The summed E-state index contributed by atoms with van der Waals surface area (Å²) in [4.78, 5) is 21.1. The fourth-order valence-electron chi connectivity index (χ4n) is 4.42. The summed E-state index contributed by atoms with van der Waals surface area (Å²) < 4.78 is 14.7. The zero-order chi connectivity index (χ0) is 19.8. The summed E-state index contributed by atoms with van der Waals surface area (Å²) in [5, 5.41) is 3.69. The van der Waals surface area contributed by atoms with E-state index < -0.39 is 5.82 Å². The molecular weight excluding hydrogens is 379 g/mol. The molecule has 0 saturated heterocycles. The minimum absolute atomic E-state index is 0.0331. The van der Waals surface area contributed by atoms with Crippen molar-refractivity contribution in [2.75, 3.05) is 16.8 Å². The number of hydrogen-bond acceptors (Lipinski definition) is 3. The number of amides is 2. The Morgan fingerprint density at radius 2 is 2.14 bits per heavy atom. The molecule has 2 aromatic rings. The SMILES string of the molecule is CNC1CCCC(N2C(=O)N(c3c(C)cccc3F)Cc3cnc(Cl)cc32)C1. The number of fused-ring (bicyclic) bond motifs is 1. The van der Waals surface area contributed by atoms with Crippen molar-refractivity contribution in [2.45, 2.75) is 51.2 Å². The predicted octanol–water partition coefficient (Wildman–Crippen LogP) is 4.66. The molecule has 2 amide bonds. The molecule has 4 rings (SSSR count). The van der Waals surface area contributed by atoms with Gasteiger partial charge in [-0.1, -0.05) is 23.7 Å². The lowest BCUT2D eigenvalue weighted by Crippen LogP contribution is -2.54. The average Bonchev–Trinajstić information content (AvgIpc) is 2.68. The summed E-state index contributed by atoms with van der Waals surface area (Å²) in [5.74, 6) is -0.393. The van der Waals surface area contributed by atoms with Crippen molar-refractivity contribution in [2.24, 2.45) is 0 Å². The number of carbonyl (C=O) groups excluding carboxylic acids is 1. The number of pyridine rings is 1. The standard InChI is InChI=1S/C21H24ClFN4O/c1-13-5-3-8-17(23)20(13)26-12-14-11-25-19(22)10-18(14)27(21(26)28)16-7-4-6-15(9-16)24-2/h3,5,8,10-11,15-16,24H,4,6-7,9,12H2,1-2H3. The van der Waals surface area contributed by atoms with E-state index in [-0.39, 0.29) is 18.6 Å². The first-order chi connectivity index (χ1) is 13.5. The van der Waals surface area contributed by atoms with Crippen LogP contribution in [0.25, 0.3) is 0 Å². The van der Waals surface area contributed by atoms with Gasteiger partial charge in [0.05, 0.1) is 17.9 Å². The lowest BCUT2D eigenvalue weighted by atomic mass is 9.89. The average molecular weight is 403 g/mol. The molecule has 0 spiro atoms. The van der Waals surface area contributed by atoms with Crippen LogP contribution >= 0.6 is 11.6 Å². The second-order valence-electron chi connectivity index (χ2n) is 7.59. The number of nitrogens with one attached hydrogen (secondary N) is 1. The number of anilines is 2. The number of urea groups is 1. The summed E-state index contributed by atoms with van der Waals surface area (Å²) in [6, 6.07) is 6.82. The van der Waals surface area contributed by atoms with E-state index in [2.05, 4.69) is 10.3 Å². The molecule has 2 unspecified atom stereocenters. The Hall–Kier alpha value is -2.18. The Balaban J connectivity index is 1.79.